The SMILES string of the molecule is CCOC(=O)c1c(C)[nH]c(=O)c2cc(-c3ccccc3)ccc12. The summed E-state index contributed by atoms with van der Waals surface area (Å²) in [6.07, 6.45) is 0. The van der Waals surface area contributed by atoms with Crippen LogP contribution >= 0.6 is 0 Å². The third-order valence-corrected chi connectivity index (χ3v) is 3.80. The zero-order chi connectivity index (χ0) is 16.4. The number of pyridine rings is 1. The maximum Gasteiger partial charge on any atom is 0.340 e. The minimum Gasteiger partial charge on any atom is -0.462 e. The molecule has 23 heavy (non-hydrogen) atoms. The van der Waals surface area contributed by atoms with Crippen molar-refractivity contribution in [3.63, 3.8) is 0 Å². The average molecular weight is 307 g/mol. The molecule has 0 fully saturated rings. The van der Waals surface area contributed by atoms with Crippen molar-refractivity contribution >= 4 is 16.7 Å². The monoisotopic (exact) mass is 307 g/mol. The van der Waals surface area contributed by atoms with Crippen LogP contribution < -0.4 is 5.56 Å². The second kappa shape index (κ2) is 6.08. The summed E-state index contributed by atoms with van der Waals surface area (Å²) in [6, 6.07) is 15.3. The molecule has 0 saturated heterocycles. The van der Waals surface area contributed by atoms with E-state index in [4.69, 9.17) is 4.74 Å². The Labute approximate surface area is 133 Å². The maximum atomic E-state index is 12.3. The quantitative estimate of drug-likeness (QED) is 0.751. The van der Waals surface area contributed by atoms with E-state index in [2.05, 4.69) is 4.98 Å². The van der Waals surface area contributed by atoms with Crippen molar-refractivity contribution in [2.75, 3.05) is 6.61 Å². The van der Waals surface area contributed by atoms with Crippen molar-refractivity contribution in [1.82, 2.24) is 4.98 Å². The van der Waals surface area contributed by atoms with Crippen LogP contribution in [0.1, 0.15) is 23.0 Å². The van der Waals surface area contributed by atoms with Crippen LogP contribution in [0.4, 0.5) is 0 Å². The third-order valence-electron chi connectivity index (χ3n) is 3.80. The highest BCUT2D eigenvalue weighted by molar-refractivity contribution is 6.05. The van der Waals surface area contributed by atoms with Gasteiger partial charge in [-0.1, -0.05) is 42.5 Å². The number of fused-ring (bicyclic) bond motifs is 1. The minimum absolute atomic E-state index is 0.205. The Morgan fingerprint density at radius 1 is 1.04 bits per heavy atom. The number of ether oxygens (including phenoxy) is 1. The standard InChI is InChI=1S/C19H17NO3/c1-3-23-19(22)17-12(2)20-18(21)16-11-14(9-10-15(16)17)13-7-5-4-6-8-13/h4-11H,3H2,1-2H3,(H,20,21). The van der Waals surface area contributed by atoms with Gasteiger partial charge in [0.05, 0.1) is 12.2 Å². The van der Waals surface area contributed by atoms with Crippen LogP contribution in [0.5, 0.6) is 0 Å². The average Bonchev–Trinajstić information content (AvgIpc) is 2.55. The first kappa shape index (κ1) is 15.0. The van der Waals surface area contributed by atoms with E-state index in [0.29, 0.717) is 28.6 Å². The maximum absolute atomic E-state index is 12.3. The fourth-order valence-corrected chi connectivity index (χ4v) is 2.73. The summed E-state index contributed by atoms with van der Waals surface area (Å²) < 4.78 is 5.11. The summed E-state index contributed by atoms with van der Waals surface area (Å²) in [5, 5.41) is 1.10. The molecule has 1 aromatic heterocycles. The van der Waals surface area contributed by atoms with Crippen LogP contribution in [-0.4, -0.2) is 17.6 Å². The van der Waals surface area contributed by atoms with E-state index < -0.39 is 5.97 Å². The lowest BCUT2D eigenvalue weighted by Crippen LogP contribution is -2.16. The molecule has 1 N–H and O–H groups in total. The zero-order valence-corrected chi connectivity index (χ0v) is 13.1. The number of carbonyl (C=O) groups excluding carboxylic acids is 1. The van der Waals surface area contributed by atoms with Gasteiger partial charge in [-0.3, -0.25) is 4.79 Å². The van der Waals surface area contributed by atoms with Gasteiger partial charge in [-0.25, -0.2) is 4.79 Å². The van der Waals surface area contributed by atoms with Crippen LogP contribution in [0.3, 0.4) is 0 Å². The summed E-state index contributed by atoms with van der Waals surface area (Å²) in [7, 11) is 0. The highest BCUT2D eigenvalue weighted by Gasteiger charge is 2.17. The van der Waals surface area contributed by atoms with Crippen LogP contribution in [0, 0.1) is 6.92 Å². The lowest BCUT2D eigenvalue weighted by molar-refractivity contribution is 0.0527. The van der Waals surface area contributed by atoms with Gasteiger partial charge in [0.15, 0.2) is 0 Å². The van der Waals surface area contributed by atoms with E-state index in [0.717, 1.165) is 11.1 Å². The second-order valence-electron chi connectivity index (χ2n) is 5.30. The van der Waals surface area contributed by atoms with E-state index in [1.807, 2.05) is 48.5 Å². The Morgan fingerprint density at radius 3 is 2.48 bits per heavy atom. The molecule has 2 aromatic carbocycles. The van der Waals surface area contributed by atoms with Gasteiger partial charge in [-0.15, -0.1) is 0 Å². The van der Waals surface area contributed by atoms with Gasteiger partial charge in [0.2, 0.25) is 0 Å². The number of aromatic nitrogens is 1. The van der Waals surface area contributed by atoms with Gasteiger partial charge < -0.3 is 9.72 Å². The number of esters is 1. The molecule has 0 aliphatic heterocycles. The number of aryl methyl sites for hydroxylation is 1. The number of H-pyrrole nitrogens is 1. The Hall–Kier alpha value is -2.88. The fourth-order valence-electron chi connectivity index (χ4n) is 2.73. The summed E-state index contributed by atoms with van der Waals surface area (Å²) in [4.78, 5) is 27.3. The molecule has 4 heteroatoms. The normalized spacial score (nSPS) is 10.7. The highest BCUT2D eigenvalue weighted by atomic mass is 16.5. The molecule has 3 aromatic rings. The van der Waals surface area contributed by atoms with Crippen molar-refractivity contribution in [3.8, 4) is 11.1 Å². The van der Waals surface area contributed by atoms with Crippen LogP contribution in [0.15, 0.2) is 53.3 Å². The Balaban J connectivity index is 2.25. The molecule has 0 amide bonds. The van der Waals surface area contributed by atoms with Crippen molar-refractivity contribution in [2.24, 2.45) is 0 Å². The highest BCUT2D eigenvalue weighted by Crippen LogP contribution is 2.25. The number of carbonyl (C=O) groups is 1. The molecule has 1 heterocycles. The molecule has 116 valence electrons. The zero-order valence-electron chi connectivity index (χ0n) is 13.1. The van der Waals surface area contributed by atoms with E-state index in [1.165, 1.54) is 0 Å². The molecular formula is C19H17NO3. The molecule has 0 unspecified atom stereocenters. The smallest absolute Gasteiger partial charge is 0.340 e. The minimum atomic E-state index is -0.418. The molecule has 0 aliphatic carbocycles. The Bertz CT molecular complexity index is 926. The van der Waals surface area contributed by atoms with Gasteiger partial charge >= 0.3 is 5.97 Å². The van der Waals surface area contributed by atoms with Crippen LogP contribution in [-0.2, 0) is 4.74 Å². The van der Waals surface area contributed by atoms with Gasteiger partial charge in [-0.05, 0) is 31.0 Å². The van der Waals surface area contributed by atoms with Gasteiger partial charge in [0.25, 0.3) is 5.56 Å². The molecule has 4 nitrogen and oxygen atoms in total. The summed E-state index contributed by atoms with van der Waals surface area (Å²) in [5.74, 6) is -0.418. The molecule has 0 saturated carbocycles. The molecule has 0 spiro atoms. The van der Waals surface area contributed by atoms with Gasteiger partial charge in [0, 0.05) is 16.5 Å². The number of hydrogen-bond acceptors (Lipinski definition) is 3. The number of hydrogen-bond donors (Lipinski definition) is 1. The van der Waals surface area contributed by atoms with Crippen LogP contribution in [0.25, 0.3) is 21.9 Å². The number of rotatable bonds is 3. The predicted octanol–water partition coefficient (Wildman–Crippen LogP) is 3.68. The Morgan fingerprint density at radius 2 is 1.78 bits per heavy atom. The summed E-state index contributed by atoms with van der Waals surface area (Å²) in [5.41, 5.74) is 2.69. The van der Waals surface area contributed by atoms with Gasteiger partial charge in [-0.2, -0.15) is 0 Å². The molecule has 0 radical (unpaired) electrons. The molecule has 0 atom stereocenters. The molecule has 0 bridgehead atoms. The predicted molar refractivity (Wildman–Crippen MR) is 90.7 cm³/mol. The van der Waals surface area contributed by atoms with E-state index in [9.17, 15) is 9.59 Å². The summed E-state index contributed by atoms with van der Waals surface area (Å²) >= 11 is 0. The fraction of sp³-hybridized carbons (Fsp3) is 0.158. The van der Waals surface area contributed by atoms with Crippen molar-refractivity contribution in [1.29, 1.82) is 0 Å². The van der Waals surface area contributed by atoms with E-state index in [-0.39, 0.29) is 5.56 Å². The van der Waals surface area contributed by atoms with E-state index in [1.54, 1.807) is 13.8 Å². The first-order valence-corrected chi connectivity index (χ1v) is 7.51. The molecule has 0 aliphatic rings. The van der Waals surface area contributed by atoms with E-state index >= 15 is 0 Å². The molecular weight excluding hydrogens is 290 g/mol. The lowest BCUT2D eigenvalue weighted by atomic mass is 9.99. The lowest BCUT2D eigenvalue weighted by Gasteiger charge is -2.10. The first-order valence-electron chi connectivity index (χ1n) is 7.51. The van der Waals surface area contributed by atoms with Crippen molar-refractivity contribution < 1.29 is 9.53 Å². The topological polar surface area (TPSA) is 59.2 Å². The van der Waals surface area contributed by atoms with Crippen LogP contribution in [0.2, 0.25) is 0 Å². The number of aromatic amines is 1. The van der Waals surface area contributed by atoms with Gasteiger partial charge in [0.1, 0.15) is 0 Å². The third kappa shape index (κ3) is 2.75. The Kier molecular flexibility index (Phi) is 3.98. The first-order chi connectivity index (χ1) is 11.1. The van der Waals surface area contributed by atoms with Crippen molar-refractivity contribution in [3.05, 3.63) is 70.1 Å². The summed E-state index contributed by atoms with van der Waals surface area (Å²) in [6.45, 7) is 3.76. The van der Waals surface area contributed by atoms with Crippen molar-refractivity contribution in [2.45, 2.75) is 13.8 Å². The second-order valence-corrected chi connectivity index (χ2v) is 5.30. The molecule has 3 rings (SSSR count). The largest absolute Gasteiger partial charge is 0.462 e. The number of benzene rings is 2. The number of nitrogens with one attached hydrogen (secondary N) is 1.